The fourth-order valence-electron chi connectivity index (χ4n) is 4.26. The van der Waals surface area contributed by atoms with Crippen LogP contribution in [0, 0.1) is 0 Å². The van der Waals surface area contributed by atoms with Crippen LogP contribution in [0.1, 0.15) is 82.7 Å². The predicted molar refractivity (Wildman–Crippen MR) is 128 cm³/mol. The molecule has 2 heteroatoms. The first kappa shape index (κ1) is 22.2. The maximum absolute atomic E-state index is 11.0. The average Bonchev–Trinajstić information content (AvgIpc) is 2.65. The van der Waals surface area contributed by atoms with E-state index in [1.807, 2.05) is 18.2 Å². The second-order valence-corrected chi connectivity index (χ2v) is 10.6. The first-order valence-corrected chi connectivity index (χ1v) is 11.0. The molecule has 0 aliphatic rings. The van der Waals surface area contributed by atoms with E-state index in [9.17, 15) is 10.2 Å². The average molecular weight is 405 g/mol. The zero-order chi connectivity index (χ0) is 22.3. The van der Waals surface area contributed by atoms with E-state index >= 15 is 0 Å². The summed E-state index contributed by atoms with van der Waals surface area (Å²) in [6.45, 7) is 15.0. The number of rotatable bonds is 4. The molecular weight excluding hydrogens is 368 g/mol. The summed E-state index contributed by atoms with van der Waals surface area (Å²) in [5.41, 5.74) is 5.11. The Morgan fingerprint density at radius 3 is 1.73 bits per heavy atom. The van der Waals surface area contributed by atoms with Gasteiger partial charge in [0, 0.05) is 5.39 Å². The third-order valence-corrected chi connectivity index (χ3v) is 5.88. The Hall–Kier alpha value is -2.48. The minimum Gasteiger partial charge on any atom is -0.507 e. The van der Waals surface area contributed by atoms with Gasteiger partial charge in [0.05, 0.1) is 0 Å². The lowest BCUT2D eigenvalue weighted by molar-refractivity contribution is 0.423. The van der Waals surface area contributed by atoms with Crippen molar-refractivity contribution >= 4 is 10.8 Å². The van der Waals surface area contributed by atoms with Crippen molar-refractivity contribution in [1.82, 2.24) is 0 Å². The van der Waals surface area contributed by atoms with E-state index in [1.54, 1.807) is 0 Å². The Morgan fingerprint density at radius 2 is 1.23 bits per heavy atom. The summed E-state index contributed by atoms with van der Waals surface area (Å²) in [5, 5.41) is 23.8. The molecule has 0 fully saturated rings. The lowest BCUT2D eigenvalue weighted by atomic mass is 9.77. The highest BCUT2D eigenvalue weighted by atomic mass is 16.3. The molecule has 0 saturated heterocycles. The van der Waals surface area contributed by atoms with E-state index in [0.29, 0.717) is 11.5 Å². The van der Waals surface area contributed by atoms with Gasteiger partial charge in [-0.25, -0.2) is 0 Å². The summed E-state index contributed by atoms with van der Waals surface area (Å²) in [6.07, 6.45) is 2.62. The fourth-order valence-corrected chi connectivity index (χ4v) is 4.26. The summed E-state index contributed by atoms with van der Waals surface area (Å²) < 4.78 is 0. The molecule has 0 radical (unpaired) electrons. The second kappa shape index (κ2) is 7.98. The molecule has 3 aromatic carbocycles. The summed E-state index contributed by atoms with van der Waals surface area (Å²) in [6, 6.07) is 14.6. The summed E-state index contributed by atoms with van der Waals surface area (Å²) >= 11 is 0. The number of benzene rings is 3. The molecule has 0 unspecified atom stereocenters. The van der Waals surface area contributed by atoms with Crippen LogP contribution in [-0.2, 0) is 23.7 Å². The van der Waals surface area contributed by atoms with Gasteiger partial charge in [-0.1, -0.05) is 97.4 Å². The monoisotopic (exact) mass is 404 g/mol. The number of phenolic OH excluding ortho intramolecular Hbond substituents is 2. The van der Waals surface area contributed by atoms with Gasteiger partial charge in [0.1, 0.15) is 11.5 Å². The summed E-state index contributed by atoms with van der Waals surface area (Å²) in [4.78, 5) is 0. The van der Waals surface area contributed by atoms with Gasteiger partial charge in [-0.2, -0.15) is 0 Å². The van der Waals surface area contributed by atoms with E-state index in [4.69, 9.17) is 0 Å². The fraction of sp³-hybridized carbons (Fsp3) is 0.429. The van der Waals surface area contributed by atoms with Crippen molar-refractivity contribution in [2.45, 2.75) is 78.6 Å². The van der Waals surface area contributed by atoms with Crippen LogP contribution in [0.15, 0.2) is 42.5 Å². The van der Waals surface area contributed by atoms with E-state index in [2.05, 4.69) is 72.7 Å². The molecule has 0 aliphatic heterocycles. The van der Waals surface area contributed by atoms with Crippen LogP contribution in [0.5, 0.6) is 11.5 Å². The van der Waals surface area contributed by atoms with Crippen LogP contribution in [0.3, 0.4) is 0 Å². The smallest absolute Gasteiger partial charge is 0.126 e. The van der Waals surface area contributed by atoms with Crippen molar-refractivity contribution in [2.24, 2.45) is 0 Å². The van der Waals surface area contributed by atoms with Crippen LogP contribution in [-0.4, -0.2) is 10.2 Å². The molecule has 2 nitrogen and oxygen atoms in total. The van der Waals surface area contributed by atoms with E-state index < -0.39 is 0 Å². The zero-order valence-corrected chi connectivity index (χ0v) is 19.6. The highest BCUT2D eigenvalue weighted by Gasteiger charge is 2.26. The quantitative estimate of drug-likeness (QED) is 0.476. The van der Waals surface area contributed by atoms with Gasteiger partial charge < -0.3 is 10.2 Å². The second-order valence-electron chi connectivity index (χ2n) is 10.6. The van der Waals surface area contributed by atoms with Gasteiger partial charge >= 0.3 is 0 Å². The normalized spacial score (nSPS) is 12.5. The molecule has 0 amide bonds. The Kier molecular flexibility index (Phi) is 5.91. The first-order chi connectivity index (χ1) is 13.9. The molecule has 30 heavy (non-hydrogen) atoms. The number of hydrogen-bond acceptors (Lipinski definition) is 2. The molecule has 0 saturated carbocycles. The van der Waals surface area contributed by atoms with E-state index in [1.165, 1.54) is 11.1 Å². The topological polar surface area (TPSA) is 40.5 Å². The Balaban J connectivity index is 2.21. The van der Waals surface area contributed by atoms with Crippen molar-refractivity contribution in [1.29, 1.82) is 0 Å². The highest BCUT2D eigenvalue weighted by molar-refractivity contribution is 5.92. The van der Waals surface area contributed by atoms with Crippen molar-refractivity contribution in [3.8, 4) is 11.5 Å². The molecule has 160 valence electrons. The maximum Gasteiger partial charge on any atom is 0.126 e. The molecule has 0 bridgehead atoms. The molecule has 0 aromatic heterocycles. The summed E-state index contributed by atoms with van der Waals surface area (Å²) in [5.74, 6) is 0.827. The van der Waals surface area contributed by atoms with Crippen molar-refractivity contribution in [3.63, 3.8) is 0 Å². The van der Waals surface area contributed by atoms with Crippen LogP contribution in [0.4, 0.5) is 0 Å². The molecule has 0 aliphatic carbocycles. The maximum atomic E-state index is 11.0. The number of aromatic hydroxyl groups is 2. The van der Waals surface area contributed by atoms with Crippen LogP contribution in [0.2, 0.25) is 0 Å². The van der Waals surface area contributed by atoms with Gasteiger partial charge in [-0.15, -0.1) is 0 Å². The van der Waals surface area contributed by atoms with Crippen LogP contribution in [0.25, 0.3) is 10.8 Å². The predicted octanol–water partition coefficient (Wildman–Crippen LogP) is 7.39. The molecule has 0 heterocycles. The molecule has 0 atom stereocenters. The molecule has 0 spiro atoms. The van der Waals surface area contributed by atoms with Crippen molar-refractivity contribution in [3.05, 3.63) is 70.3 Å². The molecule has 3 rings (SSSR count). The Morgan fingerprint density at radius 1 is 0.700 bits per heavy atom. The third-order valence-electron chi connectivity index (χ3n) is 5.88. The van der Waals surface area contributed by atoms with Crippen molar-refractivity contribution < 1.29 is 10.2 Å². The molecular formula is C28H36O2. The lowest BCUT2D eigenvalue weighted by Crippen LogP contribution is -2.18. The van der Waals surface area contributed by atoms with Gasteiger partial charge in [0.2, 0.25) is 0 Å². The number of hydrogen-bond donors (Lipinski definition) is 2. The molecule has 2 N–H and O–H groups in total. The minimum atomic E-state index is -0.148. The van der Waals surface area contributed by atoms with Crippen molar-refractivity contribution in [2.75, 3.05) is 0 Å². The van der Waals surface area contributed by atoms with Gasteiger partial charge in [-0.3, -0.25) is 0 Å². The SMILES string of the molecule is CCCc1cc(Cc2cc(C(C)(C)C)c(O)c(C(C)(C)C)c2)c2ccccc2c1O. The van der Waals surface area contributed by atoms with Gasteiger partial charge in [-0.05, 0) is 56.9 Å². The summed E-state index contributed by atoms with van der Waals surface area (Å²) in [7, 11) is 0. The largest absolute Gasteiger partial charge is 0.507 e. The minimum absolute atomic E-state index is 0.148. The van der Waals surface area contributed by atoms with Crippen LogP contribution < -0.4 is 0 Å². The van der Waals surface area contributed by atoms with Gasteiger partial charge in [0.25, 0.3) is 0 Å². The first-order valence-electron chi connectivity index (χ1n) is 11.0. The third kappa shape index (κ3) is 4.33. The Bertz CT molecular complexity index is 1030. The molecule has 3 aromatic rings. The van der Waals surface area contributed by atoms with E-state index in [-0.39, 0.29) is 10.8 Å². The van der Waals surface area contributed by atoms with Gasteiger partial charge in [0.15, 0.2) is 0 Å². The lowest BCUT2D eigenvalue weighted by Gasteiger charge is -2.28. The number of fused-ring (bicyclic) bond motifs is 1. The number of aryl methyl sites for hydroxylation is 1. The Labute approximate surface area is 181 Å². The standard InChI is InChI=1S/C28H36O2/c1-8-11-19-17-20(21-12-9-10-13-22(21)25(19)29)14-18-15-23(27(2,3)4)26(30)24(16-18)28(5,6)7/h9-10,12-13,15-17,29-30H,8,11,14H2,1-7H3. The number of phenols is 2. The van der Waals surface area contributed by atoms with E-state index in [0.717, 1.165) is 46.7 Å². The zero-order valence-electron chi connectivity index (χ0n) is 19.6. The highest BCUT2D eigenvalue weighted by Crippen LogP contribution is 2.41. The van der Waals surface area contributed by atoms with Crippen LogP contribution >= 0.6 is 0 Å².